The zero-order valence-electron chi connectivity index (χ0n) is 17.0. The number of rotatable bonds is 8. The van der Waals surface area contributed by atoms with E-state index in [-0.39, 0.29) is 23.0 Å². The van der Waals surface area contributed by atoms with Crippen molar-refractivity contribution in [2.24, 2.45) is 0 Å². The van der Waals surface area contributed by atoms with Crippen LogP contribution in [0.4, 0.5) is 0 Å². The van der Waals surface area contributed by atoms with Crippen LogP contribution in [0.2, 0.25) is 0 Å². The molecule has 2 atom stereocenters. The van der Waals surface area contributed by atoms with Crippen molar-refractivity contribution in [3.8, 4) is 5.75 Å². The number of thioether (sulfide) groups is 1. The molecule has 2 heterocycles. The summed E-state index contributed by atoms with van der Waals surface area (Å²) in [7, 11) is -4.03. The fourth-order valence-corrected chi connectivity index (χ4v) is 5.15. The van der Waals surface area contributed by atoms with Gasteiger partial charge in [-0.3, -0.25) is 14.6 Å². The average Bonchev–Trinajstić information content (AvgIpc) is 3.25. The van der Waals surface area contributed by atoms with Crippen LogP contribution in [0.25, 0.3) is 0 Å². The lowest BCUT2D eigenvalue weighted by atomic mass is 10.1. The Hall–Kier alpha value is -3.12. The summed E-state index contributed by atoms with van der Waals surface area (Å²) >= 11 is 1.41. The highest BCUT2D eigenvalue weighted by atomic mass is 32.2. The van der Waals surface area contributed by atoms with E-state index in [2.05, 4.69) is 10.3 Å². The predicted octanol–water partition coefficient (Wildman–Crippen LogP) is 0.883. The average molecular weight is 480 g/mol. The van der Waals surface area contributed by atoms with Crippen LogP contribution < -0.4 is 9.50 Å². The molecule has 1 aromatic heterocycles. The van der Waals surface area contributed by atoms with E-state index in [0.29, 0.717) is 17.3 Å². The lowest BCUT2D eigenvalue weighted by molar-refractivity contribution is -0.143. The molecule has 0 bridgehead atoms. The number of carboxylic acid groups (broad SMARTS) is 1. The molecule has 1 saturated heterocycles. The number of hydrogen-bond donors (Lipinski definition) is 2. The Morgan fingerprint density at radius 2 is 1.97 bits per heavy atom. The molecule has 2 aromatic rings. The second kappa shape index (κ2) is 10.0. The van der Waals surface area contributed by atoms with Gasteiger partial charge in [0.15, 0.2) is 5.75 Å². The standard InChI is InChI=1S/C20H21N3O7S2/c1-13(24)23-12-31-11-18(23)19(25)22-17(20(26)27)9-14-7-8-15(10-21-14)30-32(28,29)16-5-3-2-4-6-16/h2-8,10,17-18H,9,11-12H2,1H3,(H,22,25)(H,26,27). The van der Waals surface area contributed by atoms with E-state index >= 15 is 0 Å². The molecular formula is C20H21N3O7S2. The first-order chi connectivity index (χ1) is 15.2. The number of nitrogens with zero attached hydrogens (tertiary/aromatic N) is 2. The molecule has 0 radical (unpaired) electrons. The highest BCUT2D eigenvalue weighted by Crippen LogP contribution is 2.21. The first kappa shape index (κ1) is 23.5. The molecule has 3 rings (SSSR count). The van der Waals surface area contributed by atoms with Gasteiger partial charge in [-0.15, -0.1) is 11.8 Å². The summed E-state index contributed by atoms with van der Waals surface area (Å²) in [5.41, 5.74) is 0.311. The Morgan fingerprint density at radius 1 is 1.25 bits per heavy atom. The topological polar surface area (TPSA) is 143 Å². The van der Waals surface area contributed by atoms with E-state index in [1.807, 2.05) is 0 Å². The second-order valence-electron chi connectivity index (χ2n) is 6.94. The fraction of sp³-hybridized carbons (Fsp3) is 0.300. The van der Waals surface area contributed by atoms with Gasteiger partial charge < -0.3 is 19.5 Å². The molecule has 2 amide bonds. The molecule has 2 unspecified atom stereocenters. The number of benzene rings is 1. The van der Waals surface area contributed by atoms with Crippen LogP contribution in [0.1, 0.15) is 12.6 Å². The van der Waals surface area contributed by atoms with Crippen molar-refractivity contribution in [1.29, 1.82) is 0 Å². The van der Waals surface area contributed by atoms with Crippen LogP contribution in [0.3, 0.4) is 0 Å². The molecule has 0 saturated carbocycles. The minimum Gasteiger partial charge on any atom is -0.480 e. The zero-order chi connectivity index (χ0) is 23.3. The van der Waals surface area contributed by atoms with Crippen LogP contribution >= 0.6 is 11.8 Å². The summed E-state index contributed by atoms with van der Waals surface area (Å²) in [6.45, 7) is 1.35. The van der Waals surface area contributed by atoms with Crippen molar-refractivity contribution in [3.63, 3.8) is 0 Å². The maximum Gasteiger partial charge on any atom is 0.339 e. The van der Waals surface area contributed by atoms with Crippen molar-refractivity contribution in [1.82, 2.24) is 15.2 Å². The van der Waals surface area contributed by atoms with Crippen molar-refractivity contribution in [2.45, 2.75) is 30.3 Å². The largest absolute Gasteiger partial charge is 0.480 e. The van der Waals surface area contributed by atoms with E-state index in [9.17, 15) is 27.9 Å². The van der Waals surface area contributed by atoms with E-state index in [1.165, 1.54) is 54.0 Å². The van der Waals surface area contributed by atoms with Crippen LogP contribution in [0, 0.1) is 0 Å². The normalized spacial score (nSPS) is 16.9. The summed E-state index contributed by atoms with van der Waals surface area (Å²) in [5, 5.41) is 12.0. The number of carbonyl (C=O) groups is 3. The number of amides is 2. The third-order valence-corrected chi connectivity index (χ3v) is 6.93. The first-order valence-electron chi connectivity index (χ1n) is 9.50. The Balaban J connectivity index is 1.65. The molecule has 32 heavy (non-hydrogen) atoms. The van der Waals surface area contributed by atoms with Crippen molar-refractivity contribution >= 4 is 39.7 Å². The molecule has 0 aliphatic carbocycles. The Bertz CT molecular complexity index is 1090. The molecule has 1 fully saturated rings. The molecule has 1 aromatic carbocycles. The number of carboxylic acids is 1. The minimum absolute atomic E-state index is 0.0117. The van der Waals surface area contributed by atoms with Gasteiger partial charge in [-0.2, -0.15) is 8.42 Å². The molecule has 0 spiro atoms. The van der Waals surface area contributed by atoms with E-state index in [4.69, 9.17) is 4.18 Å². The van der Waals surface area contributed by atoms with Crippen molar-refractivity contribution < 1.29 is 32.1 Å². The monoisotopic (exact) mass is 479 g/mol. The third kappa shape index (κ3) is 5.77. The van der Waals surface area contributed by atoms with Crippen molar-refractivity contribution in [3.05, 3.63) is 54.4 Å². The zero-order valence-corrected chi connectivity index (χ0v) is 18.6. The van der Waals surface area contributed by atoms with Gasteiger partial charge in [0.1, 0.15) is 17.0 Å². The van der Waals surface area contributed by atoms with Crippen LogP contribution in [-0.2, 0) is 30.9 Å². The van der Waals surface area contributed by atoms with E-state index in [0.717, 1.165) is 0 Å². The second-order valence-corrected chi connectivity index (χ2v) is 9.49. The molecule has 10 nitrogen and oxygen atoms in total. The summed E-state index contributed by atoms with van der Waals surface area (Å²) < 4.78 is 29.6. The predicted molar refractivity (Wildman–Crippen MR) is 115 cm³/mol. The molecule has 1 aliphatic heterocycles. The Kier molecular flexibility index (Phi) is 7.36. The number of carbonyl (C=O) groups excluding carboxylic acids is 2. The number of aromatic nitrogens is 1. The Labute approximate surface area is 189 Å². The van der Waals surface area contributed by atoms with Gasteiger partial charge in [0.2, 0.25) is 11.8 Å². The van der Waals surface area contributed by atoms with Gasteiger partial charge in [-0.25, -0.2) is 4.79 Å². The third-order valence-electron chi connectivity index (χ3n) is 4.65. The highest BCUT2D eigenvalue weighted by Gasteiger charge is 2.35. The van der Waals surface area contributed by atoms with E-state index in [1.54, 1.807) is 18.2 Å². The van der Waals surface area contributed by atoms with Crippen LogP contribution in [0.15, 0.2) is 53.6 Å². The molecular weight excluding hydrogens is 458 g/mol. The quantitative estimate of drug-likeness (QED) is 0.527. The summed E-state index contributed by atoms with van der Waals surface area (Å²) in [5.74, 6) is -1.34. The smallest absolute Gasteiger partial charge is 0.339 e. The molecule has 12 heteroatoms. The number of nitrogens with one attached hydrogen (secondary N) is 1. The van der Waals surface area contributed by atoms with Gasteiger partial charge in [0, 0.05) is 24.8 Å². The molecule has 170 valence electrons. The van der Waals surface area contributed by atoms with Gasteiger partial charge in [0.25, 0.3) is 0 Å². The lowest BCUT2D eigenvalue weighted by Crippen LogP contribution is -2.52. The van der Waals surface area contributed by atoms with E-state index < -0.39 is 34.1 Å². The van der Waals surface area contributed by atoms with Crippen LogP contribution in [0.5, 0.6) is 5.75 Å². The lowest BCUT2D eigenvalue weighted by Gasteiger charge is -2.23. The summed E-state index contributed by atoms with van der Waals surface area (Å²) in [6, 6.07) is 8.38. The Morgan fingerprint density at radius 3 is 2.56 bits per heavy atom. The van der Waals surface area contributed by atoms with Crippen molar-refractivity contribution in [2.75, 3.05) is 11.6 Å². The molecule has 1 aliphatic rings. The maximum absolute atomic E-state index is 12.5. The van der Waals surface area contributed by atoms with Gasteiger partial charge in [-0.05, 0) is 24.3 Å². The molecule has 2 N–H and O–H groups in total. The number of aliphatic carboxylic acids is 1. The highest BCUT2D eigenvalue weighted by molar-refractivity contribution is 7.99. The van der Waals surface area contributed by atoms with Gasteiger partial charge in [0.05, 0.1) is 12.1 Å². The number of hydrogen-bond acceptors (Lipinski definition) is 8. The minimum atomic E-state index is -4.03. The fourth-order valence-electron chi connectivity index (χ4n) is 2.99. The van der Waals surface area contributed by atoms with Gasteiger partial charge in [-0.1, -0.05) is 18.2 Å². The van der Waals surface area contributed by atoms with Crippen LogP contribution in [-0.4, -0.2) is 64.9 Å². The first-order valence-corrected chi connectivity index (χ1v) is 12.1. The summed E-state index contributed by atoms with van der Waals surface area (Å²) in [4.78, 5) is 41.2. The summed E-state index contributed by atoms with van der Waals surface area (Å²) in [6.07, 6.45) is 1.04. The van der Waals surface area contributed by atoms with Gasteiger partial charge >= 0.3 is 16.1 Å². The number of pyridine rings is 1. The SMILES string of the molecule is CC(=O)N1CSCC1C(=O)NC(Cc1ccc(OS(=O)(=O)c2ccccc2)cn1)C(=O)O. The maximum atomic E-state index is 12.5.